The van der Waals surface area contributed by atoms with E-state index in [0.29, 0.717) is 17.9 Å². The summed E-state index contributed by atoms with van der Waals surface area (Å²) in [7, 11) is 0. The number of rotatable bonds is 11. The molecule has 0 aromatic heterocycles. The molecule has 0 amide bonds. The number of carbonyl (C=O) groups is 1. The van der Waals surface area contributed by atoms with Crippen LogP contribution in [0, 0.1) is 11.8 Å². The van der Waals surface area contributed by atoms with E-state index < -0.39 is 5.97 Å². The molecule has 4 nitrogen and oxygen atoms in total. The van der Waals surface area contributed by atoms with Gasteiger partial charge in [-0.2, -0.15) is 0 Å². The van der Waals surface area contributed by atoms with Gasteiger partial charge >= 0.3 is 5.97 Å². The number of hydrogen-bond acceptors (Lipinski definition) is 3. The first-order chi connectivity index (χ1) is 10.0. The number of hydrogen-bond donors (Lipinski definition) is 3. The third kappa shape index (κ3) is 7.28. The van der Waals surface area contributed by atoms with Crippen molar-refractivity contribution in [3.8, 4) is 0 Å². The van der Waals surface area contributed by atoms with Gasteiger partial charge < -0.3 is 15.9 Å². The highest BCUT2D eigenvalue weighted by atomic mass is 16.4. The van der Waals surface area contributed by atoms with E-state index in [2.05, 4.69) is 6.92 Å². The van der Waals surface area contributed by atoms with E-state index in [9.17, 15) is 9.90 Å². The average Bonchev–Trinajstić information content (AvgIpc) is 2.77. The molecule has 0 aromatic carbocycles. The van der Waals surface area contributed by atoms with Crippen molar-refractivity contribution >= 4 is 5.97 Å². The molecule has 4 heteroatoms. The first-order valence-electron chi connectivity index (χ1n) is 8.70. The molecule has 0 spiro atoms. The second-order valence-electron chi connectivity index (χ2n) is 6.69. The lowest BCUT2D eigenvalue weighted by molar-refractivity contribution is -0.137. The summed E-state index contributed by atoms with van der Waals surface area (Å²) in [5.41, 5.74) is 6.09. The minimum absolute atomic E-state index is 0.156. The highest BCUT2D eigenvalue weighted by Gasteiger charge is 2.34. The van der Waals surface area contributed by atoms with E-state index in [0.717, 1.165) is 64.2 Å². The Hall–Kier alpha value is -0.610. The molecule has 0 saturated heterocycles. The molecule has 1 unspecified atom stereocenters. The summed E-state index contributed by atoms with van der Waals surface area (Å²) in [5.74, 6) is 0.310. The van der Waals surface area contributed by atoms with Gasteiger partial charge in [-0.1, -0.05) is 26.2 Å². The normalized spacial score (nSPS) is 26.9. The largest absolute Gasteiger partial charge is 0.481 e. The van der Waals surface area contributed by atoms with Crippen LogP contribution in [-0.2, 0) is 4.79 Å². The second kappa shape index (κ2) is 10.2. The molecular weight excluding hydrogens is 266 g/mol. The van der Waals surface area contributed by atoms with Crippen LogP contribution in [0.5, 0.6) is 0 Å². The summed E-state index contributed by atoms with van der Waals surface area (Å²) >= 11 is 0. The molecule has 0 heterocycles. The summed E-state index contributed by atoms with van der Waals surface area (Å²) in [6.45, 7) is 2.17. The molecular formula is C17H33NO3. The fourth-order valence-electron chi connectivity index (χ4n) is 3.69. The maximum Gasteiger partial charge on any atom is 0.303 e. The van der Waals surface area contributed by atoms with Crippen molar-refractivity contribution in [2.24, 2.45) is 17.6 Å². The van der Waals surface area contributed by atoms with E-state index in [1.807, 2.05) is 0 Å². The van der Waals surface area contributed by atoms with E-state index in [4.69, 9.17) is 10.8 Å². The van der Waals surface area contributed by atoms with Crippen molar-refractivity contribution in [1.29, 1.82) is 0 Å². The lowest BCUT2D eigenvalue weighted by Crippen LogP contribution is -2.23. The summed E-state index contributed by atoms with van der Waals surface area (Å²) in [6, 6.07) is 0.309. The zero-order valence-electron chi connectivity index (χ0n) is 13.5. The fraction of sp³-hybridized carbons (Fsp3) is 0.941. The molecule has 21 heavy (non-hydrogen) atoms. The Morgan fingerprint density at radius 3 is 2.62 bits per heavy atom. The second-order valence-corrected chi connectivity index (χ2v) is 6.69. The van der Waals surface area contributed by atoms with E-state index in [-0.39, 0.29) is 12.5 Å². The zero-order valence-corrected chi connectivity index (χ0v) is 13.5. The van der Waals surface area contributed by atoms with Crippen molar-refractivity contribution in [3.63, 3.8) is 0 Å². The fourth-order valence-corrected chi connectivity index (χ4v) is 3.69. The van der Waals surface area contributed by atoms with Crippen LogP contribution in [0.2, 0.25) is 0 Å². The van der Waals surface area contributed by atoms with Crippen LogP contribution in [0.25, 0.3) is 0 Å². The van der Waals surface area contributed by atoms with Gasteiger partial charge in [0, 0.05) is 12.5 Å². The smallest absolute Gasteiger partial charge is 0.303 e. The molecule has 1 fully saturated rings. The Morgan fingerprint density at radius 2 is 1.95 bits per heavy atom. The van der Waals surface area contributed by atoms with E-state index >= 15 is 0 Å². The summed E-state index contributed by atoms with van der Waals surface area (Å²) < 4.78 is 0. The number of carboxylic acid groups (broad SMARTS) is 1. The van der Waals surface area contributed by atoms with Gasteiger partial charge in [-0.3, -0.25) is 4.79 Å². The van der Waals surface area contributed by atoms with E-state index in [1.165, 1.54) is 0 Å². The first-order valence-corrected chi connectivity index (χ1v) is 8.70. The lowest BCUT2D eigenvalue weighted by Gasteiger charge is -2.23. The first kappa shape index (κ1) is 18.4. The SMILES string of the molecule is CCCC(N)CC[C@H]1CC[C@H](O)[C@@H]1CCCCCC(=O)O. The maximum atomic E-state index is 10.5. The van der Waals surface area contributed by atoms with Crippen LogP contribution < -0.4 is 5.73 Å². The van der Waals surface area contributed by atoms with Gasteiger partial charge in [0.25, 0.3) is 0 Å². The molecule has 0 radical (unpaired) electrons. The molecule has 0 bridgehead atoms. The third-order valence-corrected chi connectivity index (χ3v) is 4.93. The van der Waals surface area contributed by atoms with Gasteiger partial charge in [-0.05, 0) is 56.8 Å². The number of aliphatic carboxylic acids is 1. The highest BCUT2D eigenvalue weighted by Crippen LogP contribution is 2.38. The number of aliphatic hydroxyl groups excluding tert-OH is 1. The Kier molecular flexibility index (Phi) is 8.93. The van der Waals surface area contributed by atoms with Crippen LogP contribution in [-0.4, -0.2) is 28.3 Å². The number of nitrogens with two attached hydrogens (primary N) is 1. The minimum Gasteiger partial charge on any atom is -0.481 e. The molecule has 1 saturated carbocycles. The topological polar surface area (TPSA) is 83.5 Å². The third-order valence-electron chi connectivity index (χ3n) is 4.93. The average molecular weight is 299 g/mol. The Labute approximate surface area is 129 Å². The molecule has 1 aliphatic rings. The summed E-state index contributed by atoms with van der Waals surface area (Å²) in [4.78, 5) is 10.5. The summed E-state index contributed by atoms with van der Waals surface area (Å²) in [5, 5.41) is 18.8. The molecule has 4 atom stereocenters. The van der Waals surface area contributed by atoms with Crippen LogP contribution in [0.4, 0.5) is 0 Å². The monoisotopic (exact) mass is 299 g/mol. The quantitative estimate of drug-likeness (QED) is 0.511. The standard InChI is InChI=1S/C17H33NO3/c1-2-6-14(18)11-9-13-10-12-16(19)15(13)7-4-3-5-8-17(20)21/h13-16,19H,2-12,18H2,1H3,(H,20,21)/t13-,14?,15+,16-/m0/s1. The number of carboxylic acids is 1. The van der Waals surface area contributed by atoms with Gasteiger partial charge in [0.05, 0.1) is 6.10 Å². The molecule has 4 N–H and O–H groups in total. The van der Waals surface area contributed by atoms with Gasteiger partial charge in [0.2, 0.25) is 0 Å². The van der Waals surface area contributed by atoms with Crippen molar-refractivity contribution < 1.29 is 15.0 Å². The maximum absolute atomic E-state index is 10.5. The van der Waals surface area contributed by atoms with Gasteiger partial charge in [0.15, 0.2) is 0 Å². The van der Waals surface area contributed by atoms with Crippen molar-refractivity contribution in [3.05, 3.63) is 0 Å². The van der Waals surface area contributed by atoms with Crippen LogP contribution in [0.3, 0.4) is 0 Å². The van der Waals surface area contributed by atoms with Crippen molar-refractivity contribution in [2.45, 2.75) is 89.7 Å². The Bertz CT molecular complexity index is 296. The molecule has 124 valence electrons. The molecule has 1 rings (SSSR count). The van der Waals surface area contributed by atoms with Crippen LogP contribution in [0.1, 0.15) is 77.6 Å². The molecule has 1 aliphatic carbocycles. The van der Waals surface area contributed by atoms with Gasteiger partial charge in [-0.25, -0.2) is 0 Å². The molecule has 0 aromatic rings. The zero-order chi connectivity index (χ0) is 15.7. The Morgan fingerprint density at radius 1 is 1.19 bits per heavy atom. The lowest BCUT2D eigenvalue weighted by atomic mass is 9.85. The minimum atomic E-state index is -0.710. The van der Waals surface area contributed by atoms with Crippen molar-refractivity contribution in [2.75, 3.05) is 0 Å². The van der Waals surface area contributed by atoms with E-state index in [1.54, 1.807) is 0 Å². The van der Waals surface area contributed by atoms with Gasteiger partial charge in [-0.15, -0.1) is 0 Å². The predicted octanol–water partition coefficient (Wildman–Crippen LogP) is 3.32. The highest BCUT2D eigenvalue weighted by molar-refractivity contribution is 5.66. The summed E-state index contributed by atoms with van der Waals surface area (Å²) in [6.07, 6.45) is 10.4. The van der Waals surface area contributed by atoms with Crippen LogP contribution >= 0.6 is 0 Å². The number of unbranched alkanes of at least 4 members (excludes halogenated alkanes) is 2. The Balaban J connectivity index is 2.23. The predicted molar refractivity (Wildman–Crippen MR) is 85.1 cm³/mol. The van der Waals surface area contributed by atoms with Crippen molar-refractivity contribution in [1.82, 2.24) is 0 Å². The molecule has 0 aliphatic heterocycles. The van der Waals surface area contributed by atoms with Gasteiger partial charge in [0.1, 0.15) is 0 Å². The van der Waals surface area contributed by atoms with Crippen LogP contribution in [0.15, 0.2) is 0 Å². The number of aliphatic hydroxyl groups is 1.